The predicted molar refractivity (Wildman–Crippen MR) is 91.0 cm³/mol. The summed E-state index contributed by atoms with van der Waals surface area (Å²) < 4.78 is 31.7. The second-order valence-corrected chi connectivity index (χ2v) is 6.79. The van der Waals surface area contributed by atoms with E-state index in [9.17, 15) is 8.42 Å². The summed E-state index contributed by atoms with van der Waals surface area (Å²) in [4.78, 5) is 0. The quantitative estimate of drug-likeness (QED) is 0.861. The number of anilines is 1. The molecule has 0 aliphatic heterocycles. The molecular formula is C15H13Cl2NO3S. The Kier molecular flexibility index (Phi) is 5.34. The molecule has 0 saturated carbocycles. The van der Waals surface area contributed by atoms with Crippen molar-refractivity contribution in [2.24, 2.45) is 0 Å². The molecule has 2 aromatic carbocycles. The van der Waals surface area contributed by atoms with Crippen molar-refractivity contribution in [3.8, 4) is 5.75 Å². The van der Waals surface area contributed by atoms with Crippen molar-refractivity contribution in [3.63, 3.8) is 0 Å². The lowest BCUT2D eigenvalue weighted by Gasteiger charge is -2.10. The van der Waals surface area contributed by atoms with Crippen LogP contribution in [0.4, 0.5) is 5.69 Å². The van der Waals surface area contributed by atoms with Crippen molar-refractivity contribution >= 4 is 45.0 Å². The van der Waals surface area contributed by atoms with Gasteiger partial charge in [0.15, 0.2) is 0 Å². The van der Waals surface area contributed by atoms with Crippen LogP contribution in [0, 0.1) is 0 Å². The van der Waals surface area contributed by atoms with Gasteiger partial charge in [-0.05, 0) is 42.0 Å². The SMILES string of the molecule is COc1ccc(Cl)cc1NS(=O)(=O)/C=C/c1ccc(Cl)cc1. The Balaban J connectivity index is 2.21. The average molecular weight is 358 g/mol. The lowest BCUT2D eigenvalue weighted by molar-refractivity contribution is 0.417. The second kappa shape index (κ2) is 7.05. The second-order valence-electron chi connectivity index (χ2n) is 4.35. The van der Waals surface area contributed by atoms with Crippen LogP contribution in [0.3, 0.4) is 0 Å². The molecule has 2 rings (SSSR count). The summed E-state index contributed by atoms with van der Waals surface area (Å²) in [7, 11) is -2.25. The maximum absolute atomic E-state index is 12.1. The minimum absolute atomic E-state index is 0.274. The number of sulfonamides is 1. The van der Waals surface area contributed by atoms with Gasteiger partial charge in [0.1, 0.15) is 5.75 Å². The Morgan fingerprint density at radius 3 is 2.32 bits per heavy atom. The summed E-state index contributed by atoms with van der Waals surface area (Å²) in [6, 6.07) is 11.5. The molecular weight excluding hydrogens is 345 g/mol. The van der Waals surface area contributed by atoms with Crippen molar-refractivity contribution in [2.75, 3.05) is 11.8 Å². The van der Waals surface area contributed by atoms with Gasteiger partial charge in [-0.3, -0.25) is 4.72 Å². The highest BCUT2D eigenvalue weighted by Crippen LogP contribution is 2.28. The molecule has 116 valence electrons. The van der Waals surface area contributed by atoms with E-state index in [0.29, 0.717) is 21.4 Å². The number of halogens is 2. The van der Waals surface area contributed by atoms with Gasteiger partial charge in [0.05, 0.1) is 18.2 Å². The summed E-state index contributed by atoms with van der Waals surface area (Å²) in [5.41, 5.74) is 0.989. The molecule has 22 heavy (non-hydrogen) atoms. The number of hydrogen-bond acceptors (Lipinski definition) is 3. The first-order chi connectivity index (χ1) is 10.4. The highest BCUT2D eigenvalue weighted by molar-refractivity contribution is 7.95. The van der Waals surface area contributed by atoms with Crippen molar-refractivity contribution in [1.29, 1.82) is 0 Å². The van der Waals surface area contributed by atoms with Gasteiger partial charge in [0, 0.05) is 10.0 Å². The number of hydrogen-bond donors (Lipinski definition) is 1. The molecule has 0 saturated heterocycles. The Bertz CT molecular complexity index is 787. The number of benzene rings is 2. The van der Waals surface area contributed by atoms with Crippen molar-refractivity contribution in [2.45, 2.75) is 0 Å². The van der Waals surface area contributed by atoms with Crippen LogP contribution in [0.5, 0.6) is 5.75 Å². The molecule has 0 bridgehead atoms. The van der Waals surface area contributed by atoms with Crippen LogP contribution in [0.1, 0.15) is 5.56 Å². The zero-order valence-corrected chi connectivity index (χ0v) is 13.9. The van der Waals surface area contributed by atoms with Crippen LogP contribution < -0.4 is 9.46 Å². The van der Waals surface area contributed by atoms with E-state index in [1.807, 2.05) is 0 Å². The Hall–Kier alpha value is -1.69. The minimum Gasteiger partial charge on any atom is -0.495 e. The highest BCUT2D eigenvalue weighted by Gasteiger charge is 2.11. The topological polar surface area (TPSA) is 55.4 Å². The zero-order chi connectivity index (χ0) is 16.2. The van der Waals surface area contributed by atoms with E-state index in [2.05, 4.69) is 4.72 Å². The van der Waals surface area contributed by atoms with Gasteiger partial charge in [0.25, 0.3) is 10.0 Å². The van der Waals surface area contributed by atoms with E-state index in [1.165, 1.54) is 19.3 Å². The molecule has 0 aromatic heterocycles. The van der Waals surface area contributed by atoms with E-state index in [-0.39, 0.29) is 5.69 Å². The van der Waals surface area contributed by atoms with Gasteiger partial charge in [0.2, 0.25) is 0 Å². The van der Waals surface area contributed by atoms with Gasteiger partial charge in [-0.25, -0.2) is 8.42 Å². The molecule has 7 heteroatoms. The highest BCUT2D eigenvalue weighted by atomic mass is 35.5. The number of ether oxygens (including phenoxy) is 1. The average Bonchev–Trinajstić information content (AvgIpc) is 2.46. The summed E-state index contributed by atoms with van der Waals surface area (Å²) >= 11 is 11.6. The van der Waals surface area contributed by atoms with E-state index >= 15 is 0 Å². The van der Waals surface area contributed by atoms with E-state index < -0.39 is 10.0 Å². The first kappa shape index (κ1) is 16.7. The van der Waals surface area contributed by atoms with Crippen LogP contribution in [0.15, 0.2) is 47.9 Å². The smallest absolute Gasteiger partial charge is 0.255 e. The summed E-state index contributed by atoms with van der Waals surface area (Å²) in [6.07, 6.45) is 1.47. The minimum atomic E-state index is -3.69. The van der Waals surface area contributed by atoms with Gasteiger partial charge in [-0.1, -0.05) is 35.3 Å². The summed E-state index contributed by atoms with van der Waals surface area (Å²) in [6.45, 7) is 0. The van der Waals surface area contributed by atoms with Gasteiger partial charge in [-0.2, -0.15) is 0 Å². The molecule has 0 unspecified atom stereocenters. The molecule has 0 atom stereocenters. The lowest BCUT2D eigenvalue weighted by atomic mass is 10.2. The molecule has 1 N–H and O–H groups in total. The normalized spacial score (nSPS) is 11.6. The predicted octanol–water partition coefficient (Wildman–Crippen LogP) is 4.41. The molecule has 0 heterocycles. The first-order valence-electron chi connectivity index (χ1n) is 6.19. The third-order valence-electron chi connectivity index (χ3n) is 2.72. The first-order valence-corrected chi connectivity index (χ1v) is 8.50. The van der Waals surface area contributed by atoms with Crippen molar-refractivity contribution < 1.29 is 13.2 Å². The molecule has 0 spiro atoms. The zero-order valence-electron chi connectivity index (χ0n) is 11.6. The molecule has 0 radical (unpaired) electrons. The van der Waals surface area contributed by atoms with Gasteiger partial charge in [-0.15, -0.1) is 0 Å². The lowest BCUT2D eigenvalue weighted by Crippen LogP contribution is -2.09. The third kappa shape index (κ3) is 4.66. The Morgan fingerprint density at radius 2 is 1.68 bits per heavy atom. The Labute approximate surface area is 139 Å². The fourth-order valence-corrected chi connectivity index (χ4v) is 2.86. The fourth-order valence-electron chi connectivity index (χ4n) is 1.69. The maximum atomic E-state index is 12.1. The van der Waals surface area contributed by atoms with E-state index in [0.717, 1.165) is 5.41 Å². The molecule has 0 aliphatic rings. The Morgan fingerprint density at radius 1 is 1.05 bits per heavy atom. The maximum Gasteiger partial charge on any atom is 0.255 e. The summed E-state index contributed by atoms with van der Waals surface area (Å²) in [5, 5.41) is 2.05. The van der Waals surface area contributed by atoms with Crippen LogP contribution in [0.25, 0.3) is 6.08 Å². The molecule has 2 aromatic rings. The fraction of sp³-hybridized carbons (Fsp3) is 0.0667. The molecule has 0 amide bonds. The van der Waals surface area contributed by atoms with Crippen LogP contribution in [-0.2, 0) is 10.0 Å². The molecule has 0 fully saturated rings. The summed E-state index contributed by atoms with van der Waals surface area (Å²) in [5.74, 6) is 0.382. The van der Waals surface area contributed by atoms with Crippen LogP contribution >= 0.6 is 23.2 Å². The van der Waals surface area contributed by atoms with E-state index in [4.69, 9.17) is 27.9 Å². The van der Waals surface area contributed by atoms with Gasteiger partial charge < -0.3 is 4.74 Å². The standard InChI is InChI=1S/C15H13Cl2NO3S/c1-21-15-7-6-13(17)10-14(15)18-22(19,20)9-8-11-2-4-12(16)5-3-11/h2-10,18H,1H3/b9-8+. The monoisotopic (exact) mass is 357 g/mol. The van der Waals surface area contributed by atoms with Gasteiger partial charge >= 0.3 is 0 Å². The van der Waals surface area contributed by atoms with Crippen LogP contribution in [0.2, 0.25) is 10.0 Å². The molecule has 4 nitrogen and oxygen atoms in total. The molecule has 0 aliphatic carbocycles. The van der Waals surface area contributed by atoms with Crippen molar-refractivity contribution in [3.05, 3.63) is 63.5 Å². The van der Waals surface area contributed by atoms with E-state index in [1.54, 1.807) is 36.4 Å². The largest absolute Gasteiger partial charge is 0.495 e. The van der Waals surface area contributed by atoms with Crippen LogP contribution in [-0.4, -0.2) is 15.5 Å². The number of methoxy groups -OCH3 is 1. The number of rotatable bonds is 5. The van der Waals surface area contributed by atoms with Crippen molar-refractivity contribution in [1.82, 2.24) is 0 Å². The third-order valence-corrected chi connectivity index (χ3v) is 4.21. The number of nitrogens with one attached hydrogen (secondary N) is 1.